The highest BCUT2D eigenvalue weighted by Gasteiger charge is 2.21. The van der Waals surface area contributed by atoms with Gasteiger partial charge in [-0.3, -0.25) is 0 Å². The second kappa shape index (κ2) is 4.18. The molecule has 1 aromatic rings. The average Bonchev–Trinajstić information content (AvgIpc) is 2.24. The lowest BCUT2D eigenvalue weighted by Crippen LogP contribution is -2.05. The smallest absolute Gasteiger partial charge is 0.165 e. The van der Waals surface area contributed by atoms with E-state index in [1.54, 1.807) is 0 Å². The second-order valence-corrected chi connectivity index (χ2v) is 2.75. The van der Waals surface area contributed by atoms with Gasteiger partial charge in [-0.1, -0.05) is 5.11 Å². The van der Waals surface area contributed by atoms with Crippen molar-refractivity contribution in [3.63, 3.8) is 0 Å². The zero-order chi connectivity index (χ0) is 11.6. The normalized spacial score (nSPS) is 9.93. The molecular weight excluding hydrogens is 214 g/mol. The highest BCUT2D eigenvalue weighted by atomic mass is 19.2. The number of benzene rings is 1. The van der Waals surface area contributed by atoms with Gasteiger partial charge in [-0.25, -0.2) is 17.6 Å². The molecule has 0 N–H and O–H groups in total. The molecule has 80 valence electrons. The minimum Gasteiger partial charge on any atom is -0.203 e. The van der Waals surface area contributed by atoms with E-state index < -0.39 is 40.9 Å². The summed E-state index contributed by atoms with van der Waals surface area (Å²) in [6.07, 6.45) is 0. The predicted molar refractivity (Wildman–Crippen MR) is 43.9 cm³/mol. The summed E-state index contributed by atoms with van der Waals surface area (Å²) in [5, 5.41) is 2.84. The van der Waals surface area contributed by atoms with Crippen molar-refractivity contribution < 1.29 is 17.6 Å². The van der Waals surface area contributed by atoms with Gasteiger partial charge in [0.05, 0.1) is 6.54 Å². The Morgan fingerprint density at radius 2 is 1.53 bits per heavy atom. The topological polar surface area (TPSA) is 48.8 Å². The third-order valence-electron chi connectivity index (χ3n) is 1.87. The first-order valence-electron chi connectivity index (χ1n) is 3.83. The van der Waals surface area contributed by atoms with E-state index in [1.165, 1.54) is 0 Å². The van der Waals surface area contributed by atoms with Gasteiger partial charge in [0.1, 0.15) is 0 Å². The highest BCUT2D eigenvalue weighted by molar-refractivity contribution is 5.28. The molecule has 0 aliphatic rings. The van der Waals surface area contributed by atoms with Crippen LogP contribution in [0.5, 0.6) is 0 Å². The van der Waals surface area contributed by atoms with Crippen molar-refractivity contribution in [2.75, 3.05) is 0 Å². The van der Waals surface area contributed by atoms with Crippen LogP contribution in [0.15, 0.2) is 5.11 Å². The van der Waals surface area contributed by atoms with Crippen molar-refractivity contribution in [2.24, 2.45) is 5.11 Å². The van der Waals surface area contributed by atoms with Crippen LogP contribution < -0.4 is 0 Å². The fraction of sp³-hybridized carbons (Fsp3) is 0.250. The van der Waals surface area contributed by atoms with Crippen LogP contribution in [0.3, 0.4) is 0 Å². The highest BCUT2D eigenvalue weighted by Crippen LogP contribution is 2.23. The van der Waals surface area contributed by atoms with E-state index in [9.17, 15) is 17.6 Å². The number of nitrogens with zero attached hydrogens (tertiary/aromatic N) is 3. The Hall–Kier alpha value is -1.75. The third-order valence-corrected chi connectivity index (χ3v) is 1.87. The molecule has 0 aromatic heterocycles. The molecule has 0 saturated heterocycles. The summed E-state index contributed by atoms with van der Waals surface area (Å²) >= 11 is 0. The number of hydrogen-bond acceptors (Lipinski definition) is 1. The zero-order valence-corrected chi connectivity index (χ0v) is 7.56. The molecule has 0 heterocycles. The Bertz CT molecular complexity index is 423. The summed E-state index contributed by atoms with van der Waals surface area (Å²) in [5.41, 5.74) is 6.28. The Morgan fingerprint density at radius 1 is 1.07 bits per heavy atom. The van der Waals surface area contributed by atoms with E-state index in [1.807, 2.05) is 0 Å². The molecule has 3 nitrogen and oxygen atoms in total. The molecule has 7 heteroatoms. The average molecular weight is 219 g/mol. The van der Waals surface area contributed by atoms with Crippen LogP contribution in [0.25, 0.3) is 10.4 Å². The van der Waals surface area contributed by atoms with Gasteiger partial charge in [0, 0.05) is 16.0 Å². The summed E-state index contributed by atoms with van der Waals surface area (Å²) in [4.78, 5) is 2.24. The summed E-state index contributed by atoms with van der Waals surface area (Å²) < 4.78 is 52.0. The van der Waals surface area contributed by atoms with Crippen LogP contribution in [0.4, 0.5) is 17.6 Å². The molecule has 0 amide bonds. The Balaban J connectivity index is 3.44. The summed E-state index contributed by atoms with van der Waals surface area (Å²) in [7, 11) is 0. The monoisotopic (exact) mass is 219 g/mol. The predicted octanol–water partition coefficient (Wildman–Crippen LogP) is 3.36. The Labute approximate surface area is 82.0 Å². The van der Waals surface area contributed by atoms with Gasteiger partial charge in [0.2, 0.25) is 0 Å². The van der Waals surface area contributed by atoms with Crippen LogP contribution in [0.2, 0.25) is 0 Å². The van der Waals surface area contributed by atoms with E-state index in [-0.39, 0.29) is 0 Å². The SMILES string of the molecule is Cc1c(F)c(F)c(CN=[N+]=[N-])c(F)c1F. The molecule has 0 aliphatic carbocycles. The molecule has 0 bridgehead atoms. The number of azide groups is 1. The number of hydrogen-bond donors (Lipinski definition) is 0. The van der Waals surface area contributed by atoms with Crippen molar-refractivity contribution in [2.45, 2.75) is 13.5 Å². The molecule has 0 spiro atoms. The van der Waals surface area contributed by atoms with Gasteiger partial charge in [-0.2, -0.15) is 0 Å². The third kappa shape index (κ3) is 1.87. The number of halogens is 4. The molecule has 15 heavy (non-hydrogen) atoms. The maximum absolute atomic E-state index is 13.1. The summed E-state index contributed by atoms with van der Waals surface area (Å²) in [6.45, 7) is 0.135. The van der Waals surface area contributed by atoms with Crippen molar-refractivity contribution >= 4 is 0 Å². The van der Waals surface area contributed by atoms with Crippen molar-refractivity contribution in [3.05, 3.63) is 44.8 Å². The largest absolute Gasteiger partial charge is 0.203 e. The Kier molecular flexibility index (Phi) is 3.16. The van der Waals surface area contributed by atoms with E-state index in [4.69, 9.17) is 5.53 Å². The number of rotatable bonds is 2. The van der Waals surface area contributed by atoms with E-state index in [2.05, 4.69) is 10.0 Å². The lowest BCUT2D eigenvalue weighted by atomic mass is 10.1. The van der Waals surface area contributed by atoms with Gasteiger partial charge in [-0.05, 0) is 12.5 Å². The maximum atomic E-state index is 13.1. The van der Waals surface area contributed by atoms with E-state index >= 15 is 0 Å². The zero-order valence-electron chi connectivity index (χ0n) is 7.56. The summed E-state index contributed by atoms with van der Waals surface area (Å²) in [6, 6.07) is 0. The van der Waals surface area contributed by atoms with Gasteiger partial charge >= 0.3 is 0 Å². The minimum absolute atomic E-state index is 0.741. The molecule has 1 rings (SSSR count). The molecule has 0 radical (unpaired) electrons. The van der Waals surface area contributed by atoms with Gasteiger partial charge in [0.25, 0.3) is 0 Å². The minimum atomic E-state index is -1.53. The maximum Gasteiger partial charge on any atom is 0.165 e. The first kappa shape index (κ1) is 11.3. The van der Waals surface area contributed by atoms with E-state index in [0.717, 1.165) is 6.92 Å². The first-order valence-corrected chi connectivity index (χ1v) is 3.83. The molecule has 0 aliphatic heterocycles. The van der Waals surface area contributed by atoms with Gasteiger partial charge in [0.15, 0.2) is 23.3 Å². The fourth-order valence-electron chi connectivity index (χ4n) is 1.03. The fourth-order valence-corrected chi connectivity index (χ4v) is 1.03. The molecule has 0 fully saturated rings. The molecule has 1 aromatic carbocycles. The van der Waals surface area contributed by atoms with Crippen molar-refractivity contribution in [3.8, 4) is 0 Å². The van der Waals surface area contributed by atoms with Crippen LogP contribution in [0, 0.1) is 30.2 Å². The van der Waals surface area contributed by atoms with Crippen LogP contribution in [0.1, 0.15) is 11.1 Å². The quantitative estimate of drug-likeness (QED) is 0.241. The molecule has 0 unspecified atom stereocenters. The second-order valence-electron chi connectivity index (χ2n) is 2.75. The first-order chi connectivity index (χ1) is 7.00. The standard InChI is InChI=1S/C8H5F4N3/c1-3-5(9)7(11)4(2-14-15-13)8(12)6(3)10/h2H2,1H3. The van der Waals surface area contributed by atoms with Crippen LogP contribution in [-0.2, 0) is 6.54 Å². The van der Waals surface area contributed by atoms with Gasteiger partial charge < -0.3 is 0 Å². The molecule has 0 atom stereocenters. The lowest BCUT2D eigenvalue weighted by Gasteiger charge is -2.06. The van der Waals surface area contributed by atoms with Crippen molar-refractivity contribution in [1.29, 1.82) is 0 Å². The van der Waals surface area contributed by atoms with Crippen LogP contribution in [-0.4, -0.2) is 0 Å². The lowest BCUT2D eigenvalue weighted by molar-refractivity contribution is 0.431. The molecular formula is C8H5F4N3. The molecule has 0 saturated carbocycles. The van der Waals surface area contributed by atoms with Gasteiger partial charge in [-0.15, -0.1) is 0 Å². The van der Waals surface area contributed by atoms with Crippen LogP contribution >= 0.6 is 0 Å². The summed E-state index contributed by atoms with van der Waals surface area (Å²) in [5.74, 6) is -6.01. The van der Waals surface area contributed by atoms with Crippen molar-refractivity contribution in [1.82, 2.24) is 0 Å². The van der Waals surface area contributed by atoms with E-state index in [0.29, 0.717) is 0 Å². The Morgan fingerprint density at radius 3 is 1.93 bits per heavy atom.